The molecule has 0 aromatic carbocycles. The molecule has 0 unspecified atom stereocenters. The van der Waals surface area contributed by atoms with Crippen molar-refractivity contribution in [3.8, 4) is 0 Å². The van der Waals surface area contributed by atoms with E-state index in [1.807, 2.05) is 0 Å². The van der Waals surface area contributed by atoms with E-state index in [1.165, 1.54) is 11.1 Å². The van der Waals surface area contributed by atoms with Crippen LogP contribution in [0.15, 0.2) is 34.8 Å². The molecule has 2 aliphatic heterocycles. The van der Waals surface area contributed by atoms with Crippen LogP contribution in [0, 0.1) is 11.3 Å². The number of rotatable bonds is 0. The van der Waals surface area contributed by atoms with Crippen LogP contribution < -0.4 is 5.73 Å². The van der Waals surface area contributed by atoms with Crippen LogP contribution in [0.1, 0.15) is 25.7 Å². The molecule has 4 heteroatoms. The van der Waals surface area contributed by atoms with E-state index in [-0.39, 0.29) is 17.6 Å². The van der Waals surface area contributed by atoms with Crippen LogP contribution in [-0.2, 0) is 4.74 Å². The van der Waals surface area contributed by atoms with Crippen LogP contribution in [-0.4, -0.2) is 41.8 Å². The van der Waals surface area contributed by atoms with E-state index in [1.54, 1.807) is 0 Å². The van der Waals surface area contributed by atoms with Gasteiger partial charge in [0, 0.05) is 29.4 Å². The average molecular weight is 286 g/mol. The number of piperidine rings is 1. The van der Waals surface area contributed by atoms with E-state index in [4.69, 9.17) is 10.5 Å². The SMILES string of the molecule is CN1CC[C@]23C4=C5CCC(O)=C4O[C@H]2[C@@H](N)C=C[C@H]3[C@H]1C5. The minimum atomic E-state index is -0.0666. The van der Waals surface area contributed by atoms with Crippen LogP contribution in [0.5, 0.6) is 0 Å². The number of nitrogens with two attached hydrogens (primary N) is 1. The molecule has 2 bridgehead atoms. The molecule has 5 rings (SSSR count). The molecule has 3 N–H and O–H groups in total. The fourth-order valence-electron chi connectivity index (χ4n) is 5.60. The summed E-state index contributed by atoms with van der Waals surface area (Å²) in [6.45, 7) is 1.09. The molecule has 2 heterocycles. The Kier molecular flexibility index (Phi) is 2.19. The molecule has 5 aliphatic rings. The third kappa shape index (κ3) is 1.25. The molecule has 0 radical (unpaired) electrons. The Hall–Kier alpha value is -1.26. The van der Waals surface area contributed by atoms with Crippen LogP contribution in [0.4, 0.5) is 0 Å². The van der Waals surface area contributed by atoms with Crippen LogP contribution >= 0.6 is 0 Å². The lowest BCUT2D eigenvalue weighted by atomic mass is 9.52. The largest absolute Gasteiger partial charge is 0.508 e. The first-order valence-electron chi connectivity index (χ1n) is 8.08. The predicted molar refractivity (Wildman–Crippen MR) is 79.5 cm³/mol. The Morgan fingerprint density at radius 1 is 1.38 bits per heavy atom. The topological polar surface area (TPSA) is 58.7 Å². The van der Waals surface area contributed by atoms with Gasteiger partial charge in [0.05, 0.1) is 6.04 Å². The van der Waals surface area contributed by atoms with E-state index in [9.17, 15) is 5.11 Å². The molecule has 0 aromatic heterocycles. The molecule has 112 valence electrons. The van der Waals surface area contributed by atoms with Gasteiger partial charge in [-0.05, 0) is 32.9 Å². The summed E-state index contributed by atoms with van der Waals surface area (Å²) in [5, 5.41) is 10.3. The molecule has 2 fully saturated rings. The van der Waals surface area contributed by atoms with Gasteiger partial charge in [-0.3, -0.25) is 0 Å². The molecular formula is C17H22N2O2. The summed E-state index contributed by atoms with van der Waals surface area (Å²) in [5.41, 5.74) is 9.23. The van der Waals surface area contributed by atoms with Crippen LogP contribution in [0.2, 0.25) is 0 Å². The maximum Gasteiger partial charge on any atom is 0.161 e. The molecule has 5 atom stereocenters. The zero-order valence-electron chi connectivity index (χ0n) is 12.4. The van der Waals surface area contributed by atoms with E-state index in [0.717, 1.165) is 38.0 Å². The van der Waals surface area contributed by atoms with Crippen molar-refractivity contribution in [2.75, 3.05) is 13.6 Å². The molecule has 0 aromatic rings. The van der Waals surface area contributed by atoms with Crippen molar-refractivity contribution in [3.05, 3.63) is 34.8 Å². The van der Waals surface area contributed by atoms with Crippen molar-refractivity contribution in [2.45, 2.75) is 43.9 Å². The summed E-state index contributed by atoms with van der Waals surface area (Å²) in [6.07, 6.45) is 8.38. The Morgan fingerprint density at radius 2 is 2.24 bits per heavy atom. The second kappa shape index (κ2) is 3.73. The van der Waals surface area contributed by atoms with Gasteiger partial charge < -0.3 is 20.5 Å². The first-order valence-corrected chi connectivity index (χ1v) is 8.08. The maximum absolute atomic E-state index is 10.3. The number of aliphatic hydroxyl groups is 1. The lowest BCUT2D eigenvalue weighted by Crippen LogP contribution is -2.62. The predicted octanol–water partition coefficient (Wildman–Crippen LogP) is 1.85. The standard InChI is InChI=1S/C17H22N2O2/c1-19-7-6-17-10-3-4-11(18)16(17)21-15-13(20)5-2-9(14(15)17)8-12(10)19/h3-4,10-12,16,20H,2,5-8,18H2,1H3/t10-,11-,12+,16-,17-/m0/s1. The van der Waals surface area contributed by atoms with Gasteiger partial charge in [-0.2, -0.15) is 0 Å². The van der Waals surface area contributed by atoms with E-state index in [0.29, 0.717) is 17.7 Å². The van der Waals surface area contributed by atoms with Gasteiger partial charge in [-0.25, -0.2) is 0 Å². The number of likely N-dealkylation sites (tertiary alicyclic amines) is 1. The summed E-state index contributed by atoms with van der Waals surface area (Å²) in [4.78, 5) is 2.51. The highest BCUT2D eigenvalue weighted by molar-refractivity contribution is 5.52. The zero-order chi connectivity index (χ0) is 14.4. The fourth-order valence-corrected chi connectivity index (χ4v) is 5.60. The second-order valence-electron chi connectivity index (χ2n) is 7.32. The number of hydrogen-bond donors (Lipinski definition) is 2. The maximum atomic E-state index is 10.3. The van der Waals surface area contributed by atoms with E-state index < -0.39 is 0 Å². The number of hydrogen-bond acceptors (Lipinski definition) is 4. The fraction of sp³-hybridized carbons (Fsp3) is 0.647. The molecule has 4 nitrogen and oxygen atoms in total. The monoisotopic (exact) mass is 286 g/mol. The molecule has 21 heavy (non-hydrogen) atoms. The number of aliphatic hydroxyl groups excluding tert-OH is 1. The van der Waals surface area contributed by atoms with Gasteiger partial charge in [0.1, 0.15) is 11.9 Å². The first-order chi connectivity index (χ1) is 10.1. The van der Waals surface area contributed by atoms with Crippen molar-refractivity contribution in [1.29, 1.82) is 0 Å². The van der Waals surface area contributed by atoms with E-state index >= 15 is 0 Å². The molecule has 3 aliphatic carbocycles. The number of allylic oxidation sites excluding steroid dienone is 2. The molecular weight excluding hydrogens is 264 g/mol. The number of nitrogens with zero attached hydrogens (tertiary/aromatic N) is 1. The Balaban J connectivity index is 1.80. The van der Waals surface area contributed by atoms with Gasteiger partial charge in [0.15, 0.2) is 5.76 Å². The third-order valence-electron chi connectivity index (χ3n) is 6.52. The van der Waals surface area contributed by atoms with Crippen molar-refractivity contribution < 1.29 is 9.84 Å². The normalized spacial score (nSPS) is 47.5. The minimum absolute atomic E-state index is 0.00394. The highest BCUT2D eigenvalue weighted by Gasteiger charge is 2.65. The molecule has 2 saturated heterocycles. The van der Waals surface area contributed by atoms with E-state index in [2.05, 4.69) is 24.1 Å². The first kappa shape index (κ1) is 12.3. The summed E-state index contributed by atoms with van der Waals surface area (Å²) >= 11 is 0. The van der Waals surface area contributed by atoms with Crippen molar-refractivity contribution in [3.63, 3.8) is 0 Å². The van der Waals surface area contributed by atoms with Gasteiger partial charge in [0.2, 0.25) is 0 Å². The summed E-state index contributed by atoms with van der Waals surface area (Å²) in [5.74, 6) is 1.71. The van der Waals surface area contributed by atoms with Gasteiger partial charge >= 0.3 is 0 Å². The Labute approximate surface area is 124 Å². The smallest absolute Gasteiger partial charge is 0.161 e. The Morgan fingerprint density at radius 3 is 3.10 bits per heavy atom. The Bertz CT molecular complexity index is 620. The van der Waals surface area contributed by atoms with Crippen molar-refractivity contribution >= 4 is 0 Å². The molecule has 1 spiro atoms. The summed E-state index contributed by atoms with van der Waals surface area (Å²) in [6, 6.07) is 0.495. The van der Waals surface area contributed by atoms with Crippen molar-refractivity contribution in [2.24, 2.45) is 17.1 Å². The highest BCUT2D eigenvalue weighted by Crippen LogP contribution is 2.65. The average Bonchev–Trinajstić information content (AvgIpc) is 2.83. The number of ether oxygens (including phenoxy) is 1. The van der Waals surface area contributed by atoms with Gasteiger partial charge in [0.25, 0.3) is 0 Å². The molecule has 0 amide bonds. The third-order valence-corrected chi connectivity index (χ3v) is 6.52. The molecule has 0 saturated carbocycles. The second-order valence-corrected chi connectivity index (χ2v) is 7.32. The van der Waals surface area contributed by atoms with Gasteiger partial charge in [-0.15, -0.1) is 0 Å². The lowest BCUT2D eigenvalue weighted by molar-refractivity contribution is -0.0407. The van der Waals surface area contributed by atoms with Crippen LogP contribution in [0.25, 0.3) is 0 Å². The van der Waals surface area contributed by atoms with Crippen LogP contribution in [0.3, 0.4) is 0 Å². The van der Waals surface area contributed by atoms with Gasteiger partial charge in [-0.1, -0.05) is 17.7 Å². The summed E-state index contributed by atoms with van der Waals surface area (Å²) < 4.78 is 6.26. The van der Waals surface area contributed by atoms with Crippen molar-refractivity contribution in [1.82, 2.24) is 4.90 Å². The minimum Gasteiger partial charge on any atom is -0.508 e. The lowest BCUT2D eigenvalue weighted by Gasteiger charge is -2.57. The summed E-state index contributed by atoms with van der Waals surface area (Å²) in [7, 11) is 2.24. The quantitative estimate of drug-likeness (QED) is 0.667. The zero-order valence-corrected chi connectivity index (χ0v) is 12.4. The highest BCUT2D eigenvalue weighted by atomic mass is 16.5.